The first-order valence-corrected chi connectivity index (χ1v) is 9.81. The number of para-hydroxylation sites is 1. The molecule has 0 atom stereocenters. The van der Waals surface area contributed by atoms with Gasteiger partial charge in [-0.15, -0.1) is 0 Å². The minimum Gasteiger partial charge on any atom is -0.507 e. The molecule has 0 fully saturated rings. The Hall–Kier alpha value is -3.53. The molecule has 0 spiro atoms. The highest BCUT2D eigenvalue weighted by molar-refractivity contribution is 6.10. The summed E-state index contributed by atoms with van der Waals surface area (Å²) in [6, 6.07) is 19.3. The third-order valence-corrected chi connectivity index (χ3v) is 5.09. The maximum atomic E-state index is 12.5. The van der Waals surface area contributed by atoms with Crippen molar-refractivity contribution in [2.75, 3.05) is 6.61 Å². The summed E-state index contributed by atoms with van der Waals surface area (Å²) in [7, 11) is 0. The summed E-state index contributed by atoms with van der Waals surface area (Å²) >= 11 is 0. The van der Waals surface area contributed by atoms with E-state index >= 15 is 0 Å². The Morgan fingerprint density at radius 2 is 1.79 bits per heavy atom. The Labute approximate surface area is 169 Å². The first kappa shape index (κ1) is 18.8. The van der Waals surface area contributed by atoms with Crippen molar-refractivity contribution in [2.24, 2.45) is 0 Å². The van der Waals surface area contributed by atoms with Crippen LogP contribution in [-0.4, -0.2) is 22.1 Å². The Morgan fingerprint density at radius 1 is 1.00 bits per heavy atom. The lowest BCUT2D eigenvalue weighted by atomic mass is 10.1. The molecule has 4 rings (SSSR count). The van der Waals surface area contributed by atoms with Gasteiger partial charge in [-0.3, -0.25) is 4.79 Å². The van der Waals surface area contributed by atoms with Gasteiger partial charge in [-0.25, -0.2) is 0 Å². The minimum atomic E-state index is -0.248. The molecule has 1 aromatic heterocycles. The normalized spacial score (nSPS) is 11.5. The molecule has 4 nitrogen and oxygen atoms in total. The molecule has 3 aromatic carbocycles. The number of hydrogen-bond donors (Lipinski definition) is 1. The minimum absolute atomic E-state index is 0.0768. The predicted molar refractivity (Wildman–Crippen MR) is 118 cm³/mol. The van der Waals surface area contributed by atoms with E-state index in [1.54, 1.807) is 18.2 Å². The first-order valence-electron chi connectivity index (χ1n) is 9.81. The highest BCUT2D eigenvalue weighted by Crippen LogP contribution is 2.30. The molecule has 0 bridgehead atoms. The summed E-state index contributed by atoms with van der Waals surface area (Å²) in [5.41, 5.74) is 3.59. The van der Waals surface area contributed by atoms with Crippen molar-refractivity contribution in [1.29, 1.82) is 0 Å². The number of phenols is 1. The number of carbonyl (C=O) groups excluding carboxylic acids is 1. The molecule has 0 saturated carbocycles. The van der Waals surface area contributed by atoms with Crippen LogP contribution in [0.5, 0.6) is 11.5 Å². The SMILES string of the molecule is CCOc1ccc(C(=O)/C=C/c2ccc3c(c2)c2ccccc2n3CC)c(O)c1. The van der Waals surface area contributed by atoms with Crippen LogP contribution in [0.1, 0.15) is 29.8 Å². The average Bonchev–Trinajstić information content (AvgIpc) is 3.05. The molecule has 146 valence electrons. The fourth-order valence-electron chi connectivity index (χ4n) is 3.75. The van der Waals surface area contributed by atoms with E-state index in [4.69, 9.17) is 4.74 Å². The van der Waals surface area contributed by atoms with E-state index in [2.05, 4.69) is 41.8 Å². The van der Waals surface area contributed by atoms with E-state index in [1.165, 1.54) is 33.9 Å². The lowest BCUT2D eigenvalue weighted by Gasteiger charge is -2.06. The van der Waals surface area contributed by atoms with Gasteiger partial charge in [0.1, 0.15) is 11.5 Å². The van der Waals surface area contributed by atoms with Crippen LogP contribution < -0.4 is 4.74 Å². The van der Waals surface area contributed by atoms with Crippen molar-refractivity contribution in [3.63, 3.8) is 0 Å². The first-order chi connectivity index (χ1) is 14.1. The summed E-state index contributed by atoms with van der Waals surface area (Å²) in [6.07, 6.45) is 3.28. The number of rotatable bonds is 6. The Balaban J connectivity index is 1.66. The zero-order chi connectivity index (χ0) is 20.4. The fourth-order valence-corrected chi connectivity index (χ4v) is 3.75. The van der Waals surface area contributed by atoms with Gasteiger partial charge in [-0.2, -0.15) is 0 Å². The zero-order valence-electron chi connectivity index (χ0n) is 16.6. The average molecular weight is 385 g/mol. The molecule has 4 aromatic rings. The van der Waals surface area contributed by atoms with E-state index in [-0.39, 0.29) is 17.1 Å². The maximum Gasteiger partial charge on any atom is 0.189 e. The van der Waals surface area contributed by atoms with E-state index in [0.29, 0.717) is 12.4 Å². The second kappa shape index (κ2) is 7.84. The monoisotopic (exact) mass is 385 g/mol. The molecule has 0 amide bonds. The predicted octanol–water partition coefficient (Wildman–Crippen LogP) is 5.81. The van der Waals surface area contributed by atoms with Crippen LogP contribution in [0.4, 0.5) is 0 Å². The van der Waals surface area contributed by atoms with Crippen molar-refractivity contribution in [1.82, 2.24) is 4.57 Å². The fraction of sp³-hybridized carbons (Fsp3) is 0.160. The summed E-state index contributed by atoms with van der Waals surface area (Å²) in [5.74, 6) is 0.219. The molecular weight excluding hydrogens is 362 g/mol. The molecule has 29 heavy (non-hydrogen) atoms. The number of aromatic nitrogens is 1. The van der Waals surface area contributed by atoms with E-state index in [9.17, 15) is 9.90 Å². The maximum absolute atomic E-state index is 12.5. The third kappa shape index (κ3) is 3.49. The number of carbonyl (C=O) groups is 1. The number of ketones is 1. The molecule has 0 radical (unpaired) electrons. The number of nitrogens with zero attached hydrogens (tertiary/aromatic N) is 1. The van der Waals surface area contributed by atoms with Crippen LogP contribution in [0.2, 0.25) is 0 Å². The summed E-state index contributed by atoms with van der Waals surface area (Å²) in [5, 5.41) is 12.5. The van der Waals surface area contributed by atoms with E-state index in [0.717, 1.165) is 12.1 Å². The van der Waals surface area contributed by atoms with Crippen LogP contribution in [0.15, 0.2) is 66.7 Å². The standard InChI is InChI=1S/C25H23NO3/c1-3-26-22-8-6-5-7-19(22)21-15-17(9-13-23(21)26)10-14-24(27)20-12-11-18(29-4-2)16-25(20)28/h5-16,28H,3-4H2,1-2H3/b14-10+. The highest BCUT2D eigenvalue weighted by Gasteiger charge is 2.11. The number of aryl methyl sites for hydroxylation is 1. The number of ether oxygens (including phenoxy) is 1. The molecular formula is C25H23NO3. The van der Waals surface area contributed by atoms with Crippen molar-refractivity contribution >= 4 is 33.7 Å². The number of benzene rings is 3. The second-order valence-corrected chi connectivity index (χ2v) is 6.85. The van der Waals surface area contributed by atoms with Gasteiger partial charge in [0, 0.05) is 34.4 Å². The van der Waals surface area contributed by atoms with E-state index in [1.807, 2.05) is 19.1 Å². The Kier molecular flexibility index (Phi) is 5.09. The number of phenolic OH excluding ortho intramolecular Hbond substituents is 1. The highest BCUT2D eigenvalue weighted by atomic mass is 16.5. The molecule has 0 unspecified atom stereocenters. The van der Waals surface area contributed by atoms with Crippen LogP contribution >= 0.6 is 0 Å². The second-order valence-electron chi connectivity index (χ2n) is 6.85. The molecule has 1 N–H and O–H groups in total. The Bertz CT molecular complexity index is 1230. The number of aromatic hydroxyl groups is 1. The number of allylic oxidation sites excluding steroid dienone is 1. The van der Waals surface area contributed by atoms with Gasteiger partial charge in [-0.1, -0.05) is 30.3 Å². The van der Waals surface area contributed by atoms with Gasteiger partial charge in [-0.05, 0) is 55.8 Å². The van der Waals surface area contributed by atoms with Crippen molar-refractivity contribution in [3.8, 4) is 11.5 Å². The number of fused-ring (bicyclic) bond motifs is 3. The summed E-state index contributed by atoms with van der Waals surface area (Å²) in [6.45, 7) is 5.41. The van der Waals surface area contributed by atoms with Gasteiger partial charge in [0.25, 0.3) is 0 Å². The van der Waals surface area contributed by atoms with Crippen molar-refractivity contribution in [3.05, 3.63) is 77.9 Å². The van der Waals surface area contributed by atoms with Gasteiger partial charge >= 0.3 is 0 Å². The summed E-state index contributed by atoms with van der Waals surface area (Å²) in [4.78, 5) is 12.5. The molecule has 4 heteroatoms. The van der Waals surface area contributed by atoms with Gasteiger partial charge in [0.2, 0.25) is 0 Å². The Morgan fingerprint density at radius 3 is 2.55 bits per heavy atom. The molecule has 0 aliphatic rings. The van der Waals surface area contributed by atoms with Crippen LogP contribution in [0.25, 0.3) is 27.9 Å². The smallest absolute Gasteiger partial charge is 0.189 e. The summed E-state index contributed by atoms with van der Waals surface area (Å²) < 4.78 is 7.64. The lowest BCUT2D eigenvalue weighted by Crippen LogP contribution is -1.97. The van der Waals surface area contributed by atoms with Gasteiger partial charge in [0.15, 0.2) is 5.78 Å². The van der Waals surface area contributed by atoms with E-state index < -0.39 is 0 Å². The molecule has 1 heterocycles. The molecule has 0 aliphatic heterocycles. The van der Waals surface area contributed by atoms with Crippen molar-refractivity contribution < 1.29 is 14.6 Å². The largest absolute Gasteiger partial charge is 0.507 e. The van der Waals surface area contributed by atoms with Gasteiger partial charge < -0.3 is 14.4 Å². The third-order valence-electron chi connectivity index (χ3n) is 5.09. The van der Waals surface area contributed by atoms with Crippen LogP contribution in [0, 0.1) is 0 Å². The van der Waals surface area contributed by atoms with Gasteiger partial charge in [0.05, 0.1) is 12.2 Å². The number of hydrogen-bond acceptors (Lipinski definition) is 3. The molecule has 0 aliphatic carbocycles. The van der Waals surface area contributed by atoms with Crippen LogP contribution in [0.3, 0.4) is 0 Å². The molecule has 0 saturated heterocycles. The van der Waals surface area contributed by atoms with Crippen LogP contribution in [-0.2, 0) is 6.54 Å². The topological polar surface area (TPSA) is 51.5 Å². The lowest BCUT2D eigenvalue weighted by molar-refractivity contribution is 0.104. The quantitative estimate of drug-likeness (QED) is 0.336. The van der Waals surface area contributed by atoms with Crippen molar-refractivity contribution in [2.45, 2.75) is 20.4 Å². The zero-order valence-corrected chi connectivity index (χ0v) is 16.6.